The summed E-state index contributed by atoms with van der Waals surface area (Å²) >= 11 is 1.63. The van der Waals surface area contributed by atoms with E-state index < -0.39 is 6.04 Å². The number of nitrogens with zero attached hydrogens (tertiary/aromatic N) is 3. The SMILES string of the molecule is C=CCc1ccccc1NC(=O)/C=C/c1ccc(C(NCc2cccs2)C(=O)NCn2nnc3ccccc32)cc1. The van der Waals surface area contributed by atoms with E-state index in [-0.39, 0.29) is 18.5 Å². The summed E-state index contributed by atoms with van der Waals surface area (Å²) in [5, 5.41) is 19.6. The number of anilines is 1. The standard InChI is InChI=1S/C32H30N6O2S/c1-2-8-24-9-3-4-11-27(24)35-30(39)19-16-23-14-17-25(18-15-23)31(33-21-26-10-7-20-41-26)32(40)34-22-38-29-13-6-5-12-28(29)36-37-38/h2-7,9-20,31,33H,1,8,21-22H2,(H,34,40)(H,35,39)/b19-16+. The molecular formula is C32H30N6O2S. The summed E-state index contributed by atoms with van der Waals surface area (Å²) in [7, 11) is 0. The molecule has 0 saturated heterocycles. The van der Waals surface area contributed by atoms with Crippen LogP contribution in [0.1, 0.15) is 27.6 Å². The maximum atomic E-state index is 13.4. The van der Waals surface area contributed by atoms with E-state index >= 15 is 0 Å². The van der Waals surface area contributed by atoms with Crippen molar-refractivity contribution >= 4 is 45.9 Å². The molecule has 5 aromatic rings. The number of allylic oxidation sites excluding steroid dienone is 1. The first-order valence-electron chi connectivity index (χ1n) is 13.2. The topological polar surface area (TPSA) is 101 Å². The average molecular weight is 563 g/mol. The lowest BCUT2D eigenvalue weighted by Crippen LogP contribution is -2.38. The zero-order valence-electron chi connectivity index (χ0n) is 22.4. The molecule has 1 unspecified atom stereocenters. The largest absolute Gasteiger partial charge is 0.335 e. The Balaban J connectivity index is 1.26. The third-order valence-corrected chi connectivity index (χ3v) is 7.36. The first kappa shape index (κ1) is 27.7. The fourth-order valence-electron chi connectivity index (χ4n) is 4.39. The average Bonchev–Trinajstić information content (AvgIpc) is 3.67. The van der Waals surface area contributed by atoms with E-state index in [1.807, 2.05) is 96.4 Å². The third-order valence-electron chi connectivity index (χ3n) is 6.48. The molecule has 0 spiro atoms. The second kappa shape index (κ2) is 13.5. The molecule has 0 bridgehead atoms. The first-order chi connectivity index (χ1) is 20.1. The molecule has 5 rings (SSSR count). The van der Waals surface area contributed by atoms with Gasteiger partial charge in [0.05, 0.1) is 5.52 Å². The number of rotatable bonds is 12. The lowest BCUT2D eigenvalue weighted by Gasteiger charge is -2.19. The van der Waals surface area contributed by atoms with Crippen molar-refractivity contribution in [1.82, 2.24) is 25.6 Å². The van der Waals surface area contributed by atoms with Crippen LogP contribution in [0.2, 0.25) is 0 Å². The minimum atomic E-state index is -0.588. The van der Waals surface area contributed by atoms with Gasteiger partial charge in [0, 0.05) is 23.2 Å². The Morgan fingerprint density at radius 3 is 2.59 bits per heavy atom. The van der Waals surface area contributed by atoms with Crippen LogP contribution in [0.15, 0.2) is 109 Å². The summed E-state index contributed by atoms with van der Waals surface area (Å²) in [5.41, 5.74) is 5.04. The molecule has 0 aliphatic heterocycles. The van der Waals surface area contributed by atoms with Crippen LogP contribution in [-0.2, 0) is 29.2 Å². The maximum absolute atomic E-state index is 13.4. The number of hydrogen-bond acceptors (Lipinski definition) is 6. The Hall–Kier alpha value is -4.86. The fraction of sp³-hybridized carbons (Fsp3) is 0.125. The first-order valence-corrected chi connectivity index (χ1v) is 14.1. The molecule has 9 heteroatoms. The van der Waals surface area contributed by atoms with Gasteiger partial charge >= 0.3 is 0 Å². The third kappa shape index (κ3) is 7.21. The van der Waals surface area contributed by atoms with Gasteiger partial charge < -0.3 is 10.6 Å². The molecule has 2 aromatic heterocycles. The predicted molar refractivity (Wildman–Crippen MR) is 164 cm³/mol. The van der Waals surface area contributed by atoms with Gasteiger partial charge in [0.2, 0.25) is 11.8 Å². The highest BCUT2D eigenvalue weighted by Gasteiger charge is 2.20. The number of carbonyl (C=O) groups excluding carboxylic acids is 2. The Labute approximate surface area is 242 Å². The highest BCUT2D eigenvalue weighted by Crippen LogP contribution is 2.19. The molecule has 1 atom stereocenters. The molecule has 8 nitrogen and oxygen atoms in total. The van der Waals surface area contributed by atoms with Crippen molar-refractivity contribution in [3.63, 3.8) is 0 Å². The van der Waals surface area contributed by atoms with Crippen molar-refractivity contribution in [2.75, 3.05) is 5.32 Å². The lowest BCUT2D eigenvalue weighted by molar-refractivity contribution is -0.124. The van der Waals surface area contributed by atoms with Gasteiger partial charge in [-0.2, -0.15) is 0 Å². The Kier molecular flexibility index (Phi) is 9.10. The fourth-order valence-corrected chi connectivity index (χ4v) is 5.04. The molecule has 3 aromatic carbocycles. The summed E-state index contributed by atoms with van der Waals surface area (Å²) in [6, 6.07) is 26.3. The number of nitrogens with one attached hydrogen (secondary N) is 3. The number of benzene rings is 3. The van der Waals surface area contributed by atoms with Gasteiger partial charge in [0.25, 0.3) is 0 Å². The quantitative estimate of drug-likeness (QED) is 0.138. The number of amides is 2. The molecule has 3 N–H and O–H groups in total. The number of carbonyl (C=O) groups is 2. The van der Waals surface area contributed by atoms with E-state index in [4.69, 9.17) is 0 Å². The van der Waals surface area contributed by atoms with Crippen molar-refractivity contribution < 1.29 is 9.59 Å². The molecule has 0 aliphatic carbocycles. The summed E-state index contributed by atoms with van der Waals surface area (Å²) in [6.45, 7) is 4.53. The van der Waals surface area contributed by atoms with Crippen LogP contribution in [-0.4, -0.2) is 26.8 Å². The normalized spacial score (nSPS) is 11.9. The van der Waals surface area contributed by atoms with Crippen LogP contribution < -0.4 is 16.0 Å². The van der Waals surface area contributed by atoms with Gasteiger partial charge in [0.15, 0.2) is 0 Å². The van der Waals surface area contributed by atoms with Gasteiger partial charge in [0.1, 0.15) is 18.2 Å². The van der Waals surface area contributed by atoms with Gasteiger partial charge in [-0.3, -0.25) is 14.9 Å². The van der Waals surface area contributed by atoms with Gasteiger partial charge in [-0.1, -0.05) is 72.0 Å². The van der Waals surface area contributed by atoms with Crippen LogP contribution in [0.4, 0.5) is 5.69 Å². The minimum Gasteiger partial charge on any atom is -0.335 e. The number of hydrogen-bond donors (Lipinski definition) is 3. The van der Waals surface area contributed by atoms with E-state index in [0.29, 0.717) is 13.0 Å². The monoisotopic (exact) mass is 562 g/mol. The maximum Gasteiger partial charge on any atom is 0.248 e. The Morgan fingerprint density at radius 2 is 1.78 bits per heavy atom. The van der Waals surface area contributed by atoms with E-state index in [9.17, 15) is 9.59 Å². The molecule has 0 fully saturated rings. The van der Waals surface area contributed by atoms with Crippen LogP contribution in [0.5, 0.6) is 0 Å². The zero-order valence-corrected chi connectivity index (χ0v) is 23.2. The molecular weight excluding hydrogens is 532 g/mol. The summed E-state index contributed by atoms with van der Waals surface area (Å²) in [6.07, 6.45) is 5.73. The second-order valence-corrected chi connectivity index (χ2v) is 10.3. The van der Waals surface area contributed by atoms with Crippen molar-refractivity contribution in [3.8, 4) is 0 Å². The molecule has 0 radical (unpaired) electrons. The molecule has 41 heavy (non-hydrogen) atoms. The highest BCUT2D eigenvalue weighted by molar-refractivity contribution is 7.09. The predicted octanol–water partition coefficient (Wildman–Crippen LogP) is 5.48. The van der Waals surface area contributed by atoms with E-state index in [0.717, 1.165) is 38.3 Å². The van der Waals surface area contributed by atoms with Gasteiger partial charge in [-0.15, -0.1) is 23.0 Å². The van der Waals surface area contributed by atoms with Crippen LogP contribution in [0, 0.1) is 0 Å². The molecule has 0 saturated carbocycles. The van der Waals surface area contributed by atoms with Crippen LogP contribution in [0.25, 0.3) is 17.1 Å². The summed E-state index contributed by atoms with van der Waals surface area (Å²) in [5.74, 6) is -0.400. The van der Waals surface area contributed by atoms with Gasteiger partial charge in [-0.05, 0) is 58.8 Å². The van der Waals surface area contributed by atoms with Crippen molar-refractivity contribution in [1.29, 1.82) is 0 Å². The number of para-hydroxylation sites is 2. The highest BCUT2D eigenvalue weighted by atomic mass is 32.1. The number of fused-ring (bicyclic) bond motifs is 1. The second-order valence-electron chi connectivity index (χ2n) is 9.31. The van der Waals surface area contributed by atoms with Crippen molar-refractivity contribution in [2.24, 2.45) is 0 Å². The minimum absolute atomic E-state index is 0.179. The lowest BCUT2D eigenvalue weighted by atomic mass is 10.0. The molecule has 2 heterocycles. The Morgan fingerprint density at radius 1 is 0.976 bits per heavy atom. The van der Waals surface area contributed by atoms with E-state index in [1.54, 1.807) is 22.1 Å². The zero-order chi connectivity index (χ0) is 28.4. The van der Waals surface area contributed by atoms with Crippen LogP contribution >= 0.6 is 11.3 Å². The van der Waals surface area contributed by atoms with E-state index in [1.165, 1.54) is 6.08 Å². The summed E-state index contributed by atoms with van der Waals surface area (Å²) < 4.78 is 1.66. The van der Waals surface area contributed by atoms with Gasteiger partial charge in [-0.25, -0.2) is 4.68 Å². The smallest absolute Gasteiger partial charge is 0.248 e. The molecule has 0 aliphatic rings. The van der Waals surface area contributed by atoms with Crippen molar-refractivity contribution in [2.45, 2.75) is 25.7 Å². The number of thiophene rings is 1. The summed E-state index contributed by atoms with van der Waals surface area (Å²) in [4.78, 5) is 27.1. The Bertz CT molecular complexity index is 1660. The molecule has 206 valence electrons. The van der Waals surface area contributed by atoms with E-state index in [2.05, 4.69) is 32.8 Å². The molecule has 2 amide bonds. The number of aromatic nitrogens is 3. The van der Waals surface area contributed by atoms with Crippen LogP contribution in [0.3, 0.4) is 0 Å². The van der Waals surface area contributed by atoms with Crippen molar-refractivity contribution in [3.05, 3.63) is 131 Å².